The molecule has 68 valence electrons. The van der Waals surface area contributed by atoms with Crippen molar-refractivity contribution in [3.05, 3.63) is 30.0 Å². The van der Waals surface area contributed by atoms with E-state index in [1.807, 2.05) is 0 Å². The summed E-state index contributed by atoms with van der Waals surface area (Å²) >= 11 is 0. The summed E-state index contributed by atoms with van der Waals surface area (Å²) in [5.74, 6) is -0.653. The second-order valence-electron chi connectivity index (χ2n) is 2.84. The molecule has 0 aliphatic rings. The van der Waals surface area contributed by atoms with Gasteiger partial charge >= 0.3 is 0 Å². The largest absolute Gasteiger partial charge is 0.507 e. The standard InChI is InChI=1S/C10H6N2O2/c11-4-9(14)6-5-12-7-2-1-3-8(13)10(6)7/h1-3,5,12-13H. The molecule has 0 aliphatic carbocycles. The number of aromatic nitrogens is 1. The maximum atomic E-state index is 11.1. The Morgan fingerprint density at radius 1 is 1.50 bits per heavy atom. The zero-order valence-corrected chi connectivity index (χ0v) is 7.11. The Bertz CT molecular complexity index is 549. The molecule has 0 unspecified atom stereocenters. The van der Waals surface area contributed by atoms with E-state index < -0.39 is 5.78 Å². The fourth-order valence-electron chi connectivity index (χ4n) is 1.40. The van der Waals surface area contributed by atoms with Gasteiger partial charge in [-0.3, -0.25) is 4.79 Å². The Hall–Kier alpha value is -2.28. The molecule has 0 saturated carbocycles. The molecule has 0 saturated heterocycles. The minimum Gasteiger partial charge on any atom is -0.507 e. The highest BCUT2D eigenvalue weighted by Gasteiger charge is 2.13. The molecule has 0 spiro atoms. The van der Waals surface area contributed by atoms with Crippen LogP contribution in [-0.2, 0) is 0 Å². The fraction of sp³-hybridized carbons (Fsp3) is 0. The van der Waals surface area contributed by atoms with E-state index in [0.717, 1.165) is 0 Å². The summed E-state index contributed by atoms with van der Waals surface area (Å²) in [6, 6.07) is 6.38. The molecule has 0 amide bonds. The van der Waals surface area contributed by atoms with Gasteiger partial charge in [0.1, 0.15) is 11.8 Å². The van der Waals surface area contributed by atoms with E-state index in [9.17, 15) is 9.90 Å². The van der Waals surface area contributed by atoms with Crippen LogP contribution < -0.4 is 0 Å². The van der Waals surface area contributed by atoms with Gasteiger partial charge in [-0.15, -0.1) is 0 Å². The van der Waals surface area contributed by atoms with E-state index in [2.05, 4.69) is 4.98 Å². The van der Waals surface area contributed by atoms with Gasteiger partial charge in [0.25, 0.3) is 5.78 Å². The SMILES string of the molecule is N#CC(=O)c1c[nH]c2cccc(O)c12. The van der Waals surface area contributed by atoms with E-state index in [-0.39, 0.29) is 11.3 Å². The van der Waals surface area contributed by atoms with Crippen molar-refractivity contribution in [2.45, 2.75) is 0 Å². The Morgan fingerprint density at radius 2 is 2.29 bits per heavy atom. The van der Waals surface area contributed by atoms with E-state index in [1.54, 1.807) is 12.1 Å². The van der Waals surface area contributed by atoms with Crippen molar-refractivity contribution in [2.75, 3.05) is 0 Å². The Balaban J connectivity index is 2.81. The first-order chi connectivity index (χ1) is 6.74. The lowest BCUT2D eigenvalue weighted by Crippen LogP contribution is -1.91. The minimum absolute atomic E-state index is 0.00218. The number of carbonyl (C=O) groups excluding carboxylic acids is 1. The van der Waals surface area contributed by atoms with Gasteiger partial charge in [-0.2, -0.15) is 5.26 Å². The molecule has 0 bridgehead atoms. The fourth-order valence-corrected chi connectivity index (χ4v) is 1.40. The van der Waals surface area contributed by atoms with Crippen LogP contribution in [0.5, 0.6) is 5.75 Å². The molecular weight excluding hydrogens is 180 g/mol. The molecular formula is C10H6N2O2. The zero-order chi connectivity index (χ0) is 10.1. The van der Waals surface area contributed by atoms with Crippen molar-refractivity contribution in [1.82, 2.24) is 4.98 Å². The van der Waals surface area contributed by atoms with Gasteiger partial charge in [0.15, 0.2) is 0 Å². The third kappa shape index (κ3) is 1.04. The van der Waals surface area contributed by atoms with Crippen LogP contribution in [0.1, 0.15) is 10.4 Å². The molecule has 2 aromatic rings. The second-order valence-corrected chi connectivity index (χ2v) is 2.84. The number of benzene rings is 1. The van der Waals surface area contributed by atoms with Gasteiger partial charge in [0, 0.05) is 11.7 Å². The lowest BCUT2D eigenvalue weighted by Gasteiger charge is -1.95. The molecule has 1 aromatic carbocycles. The van der Waals surface area contributed by atoms with Gasteiger partial charge in [-0.05, 0) is 12.1 Å². The van der Waals surface area contributed by atoms with Crippen LogP contribution in [-0.4, -0.2) is 15.9 Å². The van der Waals surface area contributed by atoms with E-state index in [0.29, 0.717) is 10.9 Å². The van der Waals surface area contributed by atoms with Crippen LogP contribution in [0.4, 0.5) is 0 Å². The lowest BCUT2D eigenvalue weighted by atomic mass is 10.1. The number of Topliss-reactive ketones (excluding diaryl/α,β-unsaturated/α-hetero) is 1. The zero-order valence-electron chi connectivity index (χ0n) is 7.11. The predicted molar refractivity (Wildman–Crippen MR) is 49.9 cm³/mol. The Morgan fingerprint density at radius 3 is 3.00 bits per heavy atom. The first-order valence-electron chi connectivity index (χ1n) is 3.97. The van der Waals surface area contributed by atoms with Crippen molar-refractivity contribution < 1.29 is 9.90 Å². The maximum absolute atomic E-state index is 11.1. The summed E-state index contributed by atoms with van der Waals surface area (Å²) in [4.78, 5) is 14.0. The van der Waals surface area contributed by atoms with E-state index >= 15 is 0 Å². The van der Waals surface area contributed by atoms with Crippen LogP contribution in [0, 0.1) is 11.3 Å². The highest BCUT2D eigenvalue weighted by atomic mass is 16.3. The summed E-state index contributed by atoms with van der Waals surface area (Å²) in [6.07, 6.45) is 1.43. The first-order valence-corrected chi connectivity index (χ1v) is 3.97. The number of phenols is 1. The second kappa shape index (κ2) is 2.89. The third-order valence-electron chi connectivity index (χ3n) is 2.03. The molecule has 0 radical (unpaired) electrons. The molecule has 4 heteroatoms. The first kappa shape index (κ1) is 8.32. The third-order valence-corrected chi connectivity index (χ3v) is 2.03. The summed E-state index contributed by atoms with van der Waals surface area (Å²) in [6.45, 7) is 0. The monoisotopic (exact) mass is 186 g/mol. The Labute approximate surface area is 79.4 Å². The van der Waals surface area contributed by atoms with Crippen LogP contribution in [0.2, 0.25) is 0 Å². The van der Waals surface area contributed by atoms with Crippen LogP contribution >= 0.6 is 0 Å². The number of rotatable bonds is 1. The number of nitrogens with one attached hydrogen (secondary N) is 1. The van der Waals surface area contributed by atoms with Gasteiger partial charge in [-0.1, -0.05) is 6.07 Å². The average Bonchev–Trinajstić information content (AvgIpc) is 2.62. The molecule has 2 N–H and O–H groups in total. The number of nitriles is 1. The van der Waals surface area contributed by atoms with Crippen molar-refractivity contribution >= 4 is 16.7 Å². The number of H-pyrrole nitrogens is 1. The molecule has 1 heterocycles. The lowest BCUT2D eigenvalue weighted by molar-refractivity contribution is 0.105. The molecule has 4 nitrogen and oxygen atoms in total. The van der Waals surface area contributed by atoms with Crippen molar-refractivity contribution in [3.63, 3.8) is 0 Å². The van der Waals surface area contributed by atoms with Gasteiger partial charge in [0.2, 0.25) is 0 Å². The van der Waals surface area contributed by atoms with Gasteiger partial charge < -0.3 is 10.1 Å². The number of aromatic hydroxyl groups is 1. The van der Waals surface area contributed by atoms with Gasteiger partial charge in [-0.25, -0.2) is 0 Å². The molecule has 0 atom stereocenters. The normalized spacial score (nSPS) is 9.93. The number of phenolic OH excluding ortho intramolecular Hbond substituents is 1. The summed E-state index contributed by atoms with van der Waals surface area (Å²) in [5, 5.41) is 18.4. The van der Waals surface area contributed by atoms with Gasteiger partial charge in [0.05, 0.1) is 10.9 Å². The summed E-state index contributed by atoms with van der Waals surface area (Å²) in [7, 11) is 0. The number of hydrogen-bond donors (Lipinski definition) is 2. The van der Waals surface area contributed by atoms with Crippen molar-refractivity contribution in [2.24, 2.45) is 0 Å². The van der Waals surface area contributed by atoms with Crippen molar-refractivity contribution in [3.8, 4) is 11.8 Å². The van der Waals surface area contributed by atoms with Crippen LogP contribution in [0.3, 0.4) is 0 Å². The quantitative estimate of drug-likeness (QED) is 0.524. The number of fused-ring (bicyclic) bond motifs is 1. The molecule has 14 heavy (non-hydrogen) atoms. The highest BCUT2D eigenvalue weighted by molar-refractivity contribution is 6.16. The number of hydrogen-bond acceptors (Lipinski definition) is 3. The number of carbonyl (C=O) groups is 1. The number of nitrogens with zero attached hydrogens (tertiary/aromatic N) is 1. The Kier molecular flexibility index (Phi) is 1.72. The highest BCUT2D eigenvalue weighted by Crippen LogP contribution is 2.27. The van der Waals surface area contributed by atoms with Crippen molar-refractivity contribution in [1.29, 1.82) is 5.26 Å². The topological polar surface area (TPSA) is 76.9 Å². The smallest absolute Gasteiger partial charge is 0.264 e. The molecule has 1 aromatic heterocycles. The summed E-state index contributed by atoms with van der Waals surface area (Å²) in [5.41, 5.74) is 0.851. The minimum atomic E-state index is -0.655. The molecule has 0 fully saturated rings. The molecule has 2 rings (SSSR count). The maximum Gasteiger partial charge on any atom is 0.264 e. The summed E-state index contributed by atoms with van der Waals surface area (Å²) < 4.78 is 0. The number of ketones is 1. The molecule has 0 aliphatic heterocycles. The van der Waals surface area contributed by atoms with E-state index in [1.165, 1.54) is 18.3 Å². The van der Waals surface area contributed by atoms with Crippen LogP contribution in [0.15, 0.2) is 24.4 Å². The number of aromatic amines is 1. The van der Waals surface area contributed by atoms with Crippen LogP contribution in [0.25, 0.3) is 10.9 Å². The van der Waals surface area contributed by atoms with E-state index in [4.69, 9.17) is 5.26 Å². The predicted octanol–water partition coefficient (Wildman–Crippen LogP) is 1.58. The average molecular weight is 186 g/mol.